The lowest BCUT2D eigenvalue weighted by atomic mass is 9.95. The Morgan fingerprint density at radius 2 is 1.95 bits per heavy atom. The second-order valence-corrected chi connectivity index (χ2v) is 10.4. The van der Waals surface area contributed by atoms with Crippen LogP contribution in [0.2, 0.25) is 0 Å². The Morgan fingerprint density at radius 3 is 2.75 bits per heavy atom. The predicted octanol–water partition coefficient (Wildman–Crippen LogP) is 5.89. The van der Waals surface area contributed by atoms with Crippen LogP contribution in [0.25, 0.3) is 32.9 Å². The molecule has 7 nitrogen and oxygen atoms in total. The zero-order valence-electron chi connectivity index (χ0n) is 21.4. The number of phenolic OH excluding ortho intramolecular Hbond substituents is 1. The van der Waals surface area contributed by atoms with Gasteiger partial charge in [-0.25, -0.2) is 8.78 Å². The van der Waals surface area contributed by atoms with Crippen LogP contribution in [0, 0.1) is 12.7 Å². The lowest BCUT2D eigenvalue weighted by Crippen LogP contribution is -2.43. The van der Waals surface area contributed by atoms with Gasteiger partial charge in [0.05, 0.1) is 10.9 Å². The van der Waals surface area contributed by atoms with Crippen molar-refractivity contribution in [3.63, 3.8) is 0 Å². The van der Waals surface area contributed by atoms with E-state index < -0.39 is 36.2 Å². The fourth-order valence-electron chi connectivity index (χ4n) is 5.89. The molecule has 2 aromatic heterocycles. The molecule has 2 aromatic carbocycles. The Kier molecular flexibility index (Phi) is 6.40. The summed E-state index contributed by atoms with van der Waals surface area (Å²) in [4.78, 5) is 14.4. The minimum Gasteiger partial charge on any atom is -0.508 e. The van der Waals surface area contributed by atoms with E-state index in [0.29, 0.717) is 23.7 Å². The zero-order chi connectivity index (χ0) is 28.2. The summed E-state index contributed by atoms with van der Waals surface area (Å²) in [6.07, 6.45) is -2.76. The molecule has 0 unspecified atom stereocenters. The Hall–Kier alpha value is -3.80. The number of alkyl halides is 4. The van der Waals surface area contributed by atoms with E-state index in [9.17, 15) is 22.7 Å². The van der Waals surface area contributed by atoms with E-state index >= 15 is 4.39 Å². The van der Waals surface area contributed by atoms with Crippen LogP contribution < -0.4 is 9.47 Å². The number of aryl methyl sites for hydroxylation is 1. The SMILES string of the molecule is Cc1cccc2c(-c3ncc4c(OCC(F)(F)F)nc(OC[C@@]56CCCN5C[C@H](F)C6)nc4c3F)cc(O)cc12. The van der Waals surface area contributed by atoms with Crippen LogP contribution in [0.15, 0.2) is 36.5 Å². The lowest BCUT2D eigenvalue weighted by molar-refractivity contribution is -0.153. The highest BCUT2D eigenvalue weighted by Crippen LogP contribution is 2.41. The fourth-order valence-corrected chi connectivity index (χ4v) is 5.89. The molecule has 40 heavy (non-hydrogen) atoms. The summed E-state index contributed by atoms with van der Waals surface area (Å²) >= 11 is 0. The molecule has 2 aliphatic heterocycles. The molecular formula is C28H25F5N4O3. The van der Waals surface area contributed by atoms with Crippen molar-refractivity contribution in [1.82, 2.24) is 19.9 Å². The average Bonchev–Trinajstić information content (AvgIpc) is 3.42. The quantitative estimate of drug-likeness (QED) is 0.295. The molecule has 12 heteroatoms. The van der Waals surface area contributed by atoms with Crippen molar-refractivity contribution in [2.24, 2.45) is 0 Å². The molecule has 0 spiro atoms. The van der Waals surface area contributed by atoms with Crippen LogP contribution in [0.3, 0.4) is 0 Å². The van der Waals surface area contributed by atoms with Crippen molar-refractivity contribution in [3.8, 4) is 28.9 Å². The first-order valence-electron chi connectivity index (χ1n) is 12.8. The Bertz CT molecular complexity index is 1620. The monoisotopic (exact) mass is 560 g/mol. The molecule has 0 bridgehead atoms. The number of hydrogen-bond donors (Lipinski definition) is 1. The first-order valence-corrected chi connectivity index (χ1v) is 12.8. The minimum atomic E-state index is -4.67. The van der Waals surface area contributed by atoms with Gasteiger partial charge in [-0.1, -0.05) is 18.2 Å². The van der Waals surface area contributed by atoms with E-state index in [-0.39, 0.29) is 53.5 Å². The maximum absolute atomic E-state index is 16.1. The smallest absolute Gasteiger partial charge is 0.422 e. The summed E-state index contributed by atoms with van der Waals surface area (Å²) in [7, 11) is 0. The zero-order valence-corrected chi connectivity index (χ0v) is 21.4. The van der Waals surface area contributed by atoms with Crippen molar-refractivity contribution in [3.05, 3.63) is 47.9 Å². The molecule has 2 fully saturated rings. The number of nitrogens with zero attached hydrogens (tertiary/aromatic N) is 4. The Balaban J connectivity index is 1.45. The lowest BCUT2D eigenvalue weighted by Gasteiger charge is -2.30. The molecule has 1 N–H and O–H groups in total. The highest BCUT2D eigenvalue weighted by molar-refractivity contribution is 6.00. The summed E-state index contributed by atoms with van der Waals surface area (Å²) in [6, 6.07) is 7.91. The molecule has 4 aromatic rings. The molecule has 6 rings (SSSR count). The molecule has 0 aliphatic carbocycles. The van der Waals surface area contributed by atoms with Crippen molar-refractivity contribution in [2.75, 3.05) is 26.3 Å². The predicted molar refractivity (Wildman–Crippen MR) is 137 cm³/mol. The van der Waals surface area contributed by atoms with E-state index in [2.05, 4.69) is 15.0 Å². The van der Waals surface area contributed by atoms with Crippen LogP contribution in [0.1, 0.15) is 24.8 Å². The molecule has 210 valence electrons. The van der Waals surface area contributed by atoms with Crippen LogP contribution in [0.5, 0.6) is 17.6 Å². The van der Waals surface area contributed by atoms with Gasteiger partial charge in [0.2, 0.25) is 5.88 Å². The second kappa shape index (κ2) is 9.69. The topological polar surface area (TPSA) is 80.6 Å². The number of rotatable bonds is 6. The number of aromatic nitrogens is 3. The molecule has 2 atom stereocenters. The number of ether oxygens (including phenoxy) is 2. The maximum atomic E-state index is 16.1. The van der Waals surface area contributed by atoms with Gasteiger partial charge in [-0.3, -0.25) is 9.88 Å². The molecule has 0 radical (unpaired) electrons. The summed E-state index contributed by atoms with van der Waals surface area (Å²) in [5.74, 6) is -1.59. The summed E-state index contributed by atoms with van der Waals surface area (Å²) < 4.78 is 80.1. The Labute approximate surface area is 225 Å². The Morgan fingerprint density at radius 1 is 1.12 bits per heavy atom. The molecule has 2 aliphatic rings. The van der Waals surface area contributed by atoms with Crippen LogP contribution in [-0.2, 0) is 0 Å². The van der Waals surface area contributed by atoms with Gasteiger partial charge >= 0.3 is 12.2 Å². The van der Waals surface area contributed by atoms with E-state index in [1.807, 2.05) is 17.9 Å². The fraction of sp³-hybridized carbons (Fsp3) is 0.393. The number of fused-ring (bicyclic) bond motifs is 3. The largest absolute Gasteiger partial charge is 0.508 e. The van der Waals surface area contributed by atoms with Gasteiger partial charge in [0.25, 0.3) is 0 Å². The second-order valence-electron chi connectivity index (χ2n) is 10.4. The van der Waals surface area contributed by atoms with Gasteiger partial charge in [0.1, 0.15) is 29.7 Å². The first kappa shape index (κ1) is 26.4. The van der Waals surface area contributed by atoms with Crippen molar-refractivity contribution in [2.45, 2.75) is 44.1 Å². The number of halogens is 5. The van der Waals surface area contributed by atoms with E-state index in [1.54, 1.807) is 18.2 Å². The molecular weight excluding hydrogens is 535 g/mol. The summed E-state index contributed by atoms with van der Waals surface area (Å²) in [5.41, 5.74) is 0.0242. The standard InChI is InChI=1S/C28H25F5N4O3/c1-15-4-2-5-18-19(15)8-17(38)9-20(18)23-22(30)24-21(11-34-23)25(39-14-28(31,32)33)36-26(35-24)40-13-27-6-3-7-37(27)12-16(29)10-27/h2,4-5,8-9,11,16,38H,3,6-7,10,12-14H2,1H3/t16-,27+/m1/s1. The van der Waals surface area contributed by atoms with E-state index in [1.165, 1.54) is 6.07 Å². The summed E-state index contributed by atoms with van der Waals surface area (Å²) in [6.45, 7) is 1.16. The number of benzene rings is 2. The molecule has 0 amide bonds. The van der Waals surface area contributed by atoms with Crippen LogP contribution >= 0.6 is 0 Å². The van der Waals surface area contributed by atoms with E-state index in [0.717, 1.165) is 18.2 Å². The number of phenols is 1. The van der Waals surface area contributed by atoms with Gasteiger partial charge in [0.15, 0.2) is 12.4 Å². The molecule has 4 heterocycles. The number of pyridine rings is 1. The van der Waals surface area contributed by atoms with Crippen molar-refractivity contribution < 1.29 is 36.5 Å². The third-order valence-electron chi connectivity index (χ3n) is 7.69. The minimum absolute atomic E-state index is 0.00628. The summed E-state index contributed by atoms with van der Waals surface area (Å²) in [5, 5.41) is 11.5. The van der Waals surface area contributed by atoms with Crippen molar-refractivity contribution in [1.29, 1.82) is 0 Å². The third kappa shape index (κ3) is 4.74. The number of hydrogen-bond acceptors (Lipinski definition) is 7. The van der Waals surface area contributed by atoms with Crippen LogP contribution in [-0.4, -0.2) is 69.1 Å². The normalized spacial score (nSPS) is 21.3. The van der Waals surface area contributed by atoms with Gasteiger partial charge in [-0.2, -0.15) is 23.1 Å². The number of aromatic hydroxyl groups is 1. The molecule has 2 saturated heterocycles. The van der Waals surface area contributed by atoms with Gasteiger partial charge < -0.3 is 14.6 Å². The molecule has 0 saturated carbocycles. The van der Waals surface area contributed by atoms with Crippen molar-refractivity contribution >= 4 is 21.7 Å². The average molecular weight is 561 g/mol. The van der Waals surface area contributed by atoms with Crippen LogP contribution in [0.4, 0.5) is 22.0 Å². The highest BCUT2D eigenvalue weighted by atomic mass is 19.4. The highest BCUT2D eigenvalue weighted by Gasteiger charge is 2.49. The maximum Gasteiger partial charge on any atom is 0.422 e. The third-order valence-corrected chi connectivity index (χ3v) is 7.69. The van der Waals surface area contributed by atoms with Gasteiger partial charge in [-0.15, -0.1) is 0 Å². The van der Waals surface area contributed by atoms with Gasteiger partial charge in [-0.05, 0) is 54.8 Å². The van der Waals surface area contributed by atoms with E-state index in [4.69, 9.17) is 9.47 Å². The van der Waals surface area contributed by atoms with Gasteiger partial charge in [0, 0.05) is 24.7 Å². The first-order chi connectivity index (χ1) is 19.0.